The lowest BCUT2D eigenvalue weighted by atomic mass is 10.1. The van der Waals surface area contributed by atoms with Gasteiger partial charge in [-0.3, -0.25) is 4.79 Å². The molecule has 1 heterocycles. The Morgan fingerprint density at radius 1 is 1.38 bits per heavy atom. The maximum Gasteiger partial charge on any atom is 0.169 e. The lowest BCUT2D eigenvalue weighted by Crippen LogP contribution is -2.03. The maximum atomic E-state index is 11.9. The Kier molecular flexibility index (Phi) is 3.01. The SMILES string of the molecule is Cc1csc(CC(=O)c2ccc(N)cc2)n1. The number of aromatic nitrogens is 1. The summed E-state index contributed by atoms with van der Waals surface area (Å²) in [6.45, 7) is 1.92. The van der Waals surface area contributed by atoms with Crippen molar-refractivity contribution in [1.29, 1.82) is 0 Å². The van der Waals surface area contributed by atoms with Crippen molar-refractivity contribution in [2.45, 2.75) is 13.3 Å². The zero-order valence-corrected chi connectivity index (χ0v) is 9.75. The van der Waals surface area contributed by atoms with E-state index in [0.29, 0.717) is 17.7 Å². The van der Waals surface area contributed by atoms with Crippen LogP contribution in [0.15, 0.2) is 29.6 Å². The maximum absolute atomic E-state index is 11.9. The molecule has 1 aromatic carbocycles. The molecule has 0 bridgehead atoms. The number of nitrogens with two attached hydrogens (primary N) is 1. The van der Waals surface area contributed by atoms with Gasteiger partial charge in [0.2, 0.25) is 0 Å². The molecule has 0 unspecified atom stereocenters. The number of rotatable bonds is 3. The Balaban J connectivity index is 2.11. The quantitative estimate of drug-likeness (QED) is 0.653. The second-order valence-electron chi connectivity index (χ2n) is 3.60. The number of Topliss-reactive ketones (excluding diaryl/α,β-unsaturated/α-hetero) is 1. The van der Waals surface area contributed by atoms with Gasteiger partial charge >= 0.3 is 0 Å². The fourth-order valence-electron chi connectivity index (χ4n) is 1.39. The van der Waals surface area contributed by atoms with Gasteiger partial charge in [0.25, 0.3) is 0 Å². The first-order valence-electron chi connectivity index (χ1n) is 4.95. The van der Waals surface area contributed by atoms with Gasteiger partial charge in [0, 0.05) is 22.3 Å². The number of hydrogen-bond acceptors (Lipinski definition) is 4. The fraction of sp³-hybridized carbons (Fsp3) is 0.167. The molecule has 0 atom stereocenters. The number of nitrogens with zero attached hydrogens (tertiary/aromatic N) is 1. The first kappa shape index (κ1) is 10.8. The minimum absolute atomic E-state index is 0.0781. The summed E-state index contributed by atoms with van der Waals surface area (Å²) >= 11 is 1.52. The van der Waals surface area contributed by atoms with Crippen LogP contribution in [0.25, 0.3) is 0 Å². The summed E-state index contributed by atoms with van der Waals surface area (Å²) in [6, 6.07) is 6.97. The molecule has 0 fully saturated rings. The average Bonchev–Trinajstić information content (AvgIpc) is 2.65. The van der Waals surface area contributed by atoms with E-state index in [-0.39, 0.29) is 5.78 Å². The van der Waals surface area contributed by atoms with Gasteiger partial charge < -0.3 is 5.73 Å². The molecule has 82 valence electrons. The van der Waals surface area contributed by atoms with E-state index in [1.807, 2.05) is 12.3 Å². The Morgan fingerprint density at radius 3 is 2.62 bits per heavy atom. The number of aryl methyl sites for hydroxylation is 1. The van der Waals surface area contributed by atoms with Crippen LogP contribution in [-0.4, -0.2) is 10.8 Å². The molecule has 16 heavy (non-hydrogen) atoms. The van der Waals surface area contributed by atoms with E-state index in [4.69, 9.17) is 5.73 Å². The van der Waals surface area contributed by atoms with Crippen LogP contribution in [0.2, 0.25) is 0 Å². The predicted molar refractivity (Wildman–Crippen MR) is 65.7 cm³/mol. The molecular formula is C12H12N2OS. The molecule has 0 saturated heterocycles. The minimum Gasteiger partial charge on any atom is -0.399 e. The fourth-order valence-corrected chi connectivity index (χ4v) is 2.16. The van der Waals surface area contributed by atoms with Gasteiger partial charge in [-0.1, -0.05) is 0 Å². The average molecular weight is 232 g/mol. The van der Waals surface area contributed by atoms with Crippen molar-refractivity contribution in [1.82, 2.24) is 4.98 Å². The number of carbonyl (C=O) groups is 1. The van der Waals surface area contributed by atoms with Crippen molar-refractivity contribution < 1.29 is 4.79 Å². The molecule has 0 amide bonds. The molecule has 0 radical (unpaired) electrons. The van der Waals surface area contributed by atoms with Crippen LogP contribution in [0.3, 0.4) is 0 Å². The number of ketones is 1. The molecule has 0 aliphatic rings. The van der Waals surface area contributed by atoms with Gasteiger partial charge in [-0.25, -0.2) is 4.98 Å². The van der Waals surface area contributed by atoms with E-state index in [0.717, 1.165) is 10.7 Å². The van der Waals surface area contributed by atoms with Crippen molar-refractivity contribution in [3.63, 3.8) is 0 Å². The van der Waals surface area contributed by atoms with Crippen LogP contribution in [-0.2, 0) is 6.42 Å². The van der Waals surface area contributed by atoms with E-state index in [9.17, 15) is 4.79 Å². The third kappa shape index (κ3) is 2.46. The summed E-state index contributed by atoms with van der Waals surface area (Å²) in [5.74, 6) is 0.0781. The Labute approximate surface area is 97.9 Å². The van der Waals surface area contributed by atoms with Gasteiger partial charge in [-0.15, -0.1) is 11.3 Å². The number of benzene rings is 1. The van der Waals surface area contributed by atoms with Crippen molar-refractivity contribution >= 4 is 22.8 Å². The molecule has 3 nitrogen and oxygen atoms in total. The van der Waals surface area contributed by atoms with Crippen LogP contribution in [0, 0.1) is 6.92 Å². The van der Waals surface area contributed by atoms with E-state index in [2.05, 4.69) is 4.98 Å². The van der Waals surface area contributed by atoms with Crippen LogP contribution in [0.4, 0.5) is 5.69 Å². The highest BCUT2D eigenvalue weighted by molar-refractivity contribution is 7.09. The molecular weight excluding hydrogens is 220 g/mol. The van der Waals surface area contributed by atoms with Crippen molar-refractivity contribution in [2.75, 3.05) is 5.73 Å². The topological polar surface area (TPSA) is 56.0 Å². The van der Waals surface area contributed by atoms with Gasteiger partial charge in [0.15, 0.2) is 5.78 Å². The van der Waals surface area contributed by atoms with Crippen LogP contribution >= 0.6 is 11.3 Å². The molecule has 0 spiro atoms. The zero-order chi connectivity index (χ0) is 11.5. The number of hydrogen-bond donors (Lipinski definition) is 1. The Hall–Kier alpha value is -1.68. The lowest BCUT2D eigenvalue weighted by Gasteiger charge is -1.99. The van der Waals surface area contributed by atoms with Gasteiger partial charge in [0.05, 0.1) is 6.42 Å². The summed E-state index contributed by atoms with van der Waals surface area (Å²) in [7, 11) is 0. The molecule has 2 aromatic rings. The largest absolute Gasteiger partial charge is 0.399 e. The first-order chi connectivity index (χ1) is 7.65. The Bertz CT molecular complexity index is 502. The molecule has 0 aliphatic carbocycles. The monoisotopic (exact) mass is 232 g/mol. The van der Waals surface area contributed by atoms with Crippen LogP contribution in [0.5, 0.6) is 0 Å². The van der Waals surface area contributed by atoms with Gasteiger partial charge in [0.1, 0.15) is 5.01 Å². The molecule has 1 aromatic heterocycles. The second-order valence-corrected chi connectivity index (χ2v) is 4.55. The minimum atomic E-state index is 0.0781. The van der Waals surface area contributed by atoms with E-state index < -0.39 is 0 Å². The van der Waals surface area contributed by atoms with Crippen molar-refractivity contribution in [2.24, 2.45) is 0 Å². The highest BCUT2D eigenvalue weighted by Crippen LogP contribution is 2.13. The summed E-state index contributed by atoms with van der Waals surface area (Å²) in [5.41, 5.74) is 7.87. The zero-order valence-electron chi connectivity index (χ0n) is 8.93. The summed E-state index contributed by atoms with van der Waals surface area (Å²) in [5, 5.41) is 2.81. The summed E-state index contributed by atoms with van der Waals surface area (Å²) in [4.78, 5) is 16.1. The third-order valence-corrected chi connectivity index (χ3v) is 3.18. The van der Waals surface area contributed by atoms with E-state index >= 15 is 0 Å². The van der Waals surface area contributed by atoms with E-state index in [1.54, 1.807) is 24.3 Å². The molecule has 0 aliphatic heterocycles. The molecule has 2 N–H and O–H groups in total. The standard InChI is InChI=1S/C12H12N2OS/c1-8-7-16-12(14-8)6-11(15)9-2-4-10(13)5-3-9/h2-5,7H,6,13H2,1H3. The van der Waals surface area contributed by atoms with Crippen LogP contribution in [0.1, 0.15) is 21.1 Å². The normalized spacial score (nSPS) is 10.3. The van der Waals surface area contributed by atoms with Gasteiger partial charge in [-0.05, 0) is 31.2 Å². The Morgan fingerprint density at radius 2 is 2.06 bits per heavy atom. The number of anilines is 1. The number of carbonyl (C=O) groups excluding carboxylic acids is 1. The highest BCUT2D eigenvalue weighted by atomic mass is 32.1. The molecule has 0 saturated carbocycles. The number of nitrogen functional groups attached to an aromatic ring is 1. The lowest BCUT2D eigenvalue weighted by molar-refractivity contribution is 0.0993. The molecule has 2 rings (SSSR count). The third-order valence-electron chi connectivity index (χ3n) is 2.21. The van der Waals surface area contributed by atoms with Gasteiger partial charge in [-0.2, -0.15) is 0 Å². The van der Waals surface area contributed by atoms with Crippen LogP contribution < -0.4 is 5.73 Å². The smallest absolute Gasteiger partial charge is 0.169 e. The summed E-state index contributed by atoms with van der Waals surface area (Å²) < 4.78 is 0. The molecule has 4 heteroatoms. The highest BCUT2D eigenvalue weighted by Gasteiger charge is 2.09. The number of thiazole rings is 1. The van der Waals surface area contributed by atoms with Crippen molar-refractivity contribution in [3.8, 4) is 0 Å². The van der Waals surface area contributed by atoms with Crippen molar-refractivity contribution in [3.05, 3.63) is 45.9 Å². The second kappa shape index (κ2) is 4.45. The predicted octanol–water partition coefficient (Wildman–Crippen LogP) is 2.46. The van der Waals surface area contributed by atoms with E-state index in [1.165, 1.54) is 11.3 Å². The summed E-state index contributed by atoms with van der Waals surface area (Å²) in [6.07, 6.45) is 0.364. The first-order valence-corrected chi connectivity index (χ1v) is 5.83.